The maximum atomic E-state index is 12.2. The van der Waals surface area contributed by atoms with E-state index in [2.05, 4.69) is 0 Å². The number of nitrogens with zero attached hydrogens (tertiary/aromatic N) is 1. The Hall–Kier alpha value is -1.10. The number of β-amino-alcohol motifs (C(OH)–C–C–N with tert-alkyl or cyclic N) is 1. The van der Waals surface area contributed by atoms with E-state index in [-0.39, 0.29) is 5.91 Å². The molecular weight excluding hydrogens is 270 g/mol. The molecule has 0 spiro atoms. The zero-order valence-corrected chi connectivity index (χ0v) is 11.4. The molecule has 0 unspecified atom stereocenters. The van der Waals surface area contributed by atoms with E-state index in [1.165, 1.54) is 11.3 Å². The molecule has 1 saturated heterocycles. The van der Waals surface area contributed by atoms with Crippen molar-refractivity contribution in [2.45, 2.75) is 12.5 Å². The monoisotopic (exact) mass is 281 g/mol. The van der Waals surface area contributed by atoms with E-state index in [4.69, 9.17) is 11.6 Å². The molecule has 1 aliphatic heterocycles. The van der Waals surface area contributed by atoms with Gasteiger partial charge in [-0.25, -0.2) is 0 Å². The molecule has 0 aliphatic carbocycles. The number of carbonyl (C=O) groups excluding carboxylic acids is 1. The quantitative estimate of drug-likeness (QED) is 0.873. The summed E-state index contributed by atoms with van der Waals surface area (Å²) in [7, 11) is 0. The Morgan fingerprint density at radius 1 is 1.44 bits per heavy atom. The predicted octanol–water partition coefficient (Wildman–Crippen LogP) is 2.76. The molecule has 2 heterocycles. The van der Waals surface area contributed by atoms with Gasteiger partial charge in [0.1, 0.15) is 4.88 Å². The van der Waals surface area contributed by atoms with Gasteiger partial charge < -0.3 is 10.0 Å². The van der Waals surface area contributed by atoms with E-state index in [9.17, 15) is 9.90 Å². The van der Waals surface area contributed by atoms with Gasteiger partial charge in [-0.3, -0.25) is 4.79 Å². The van der Waals surface area contributed by atoms with E-state index < -0.39 is 5.60 Å². The minimum Gasteiger partial charge on any atom is -0.386 e. The molecule has 0 saturated carbocycles. The highest BCUT2D eigenvalue weighted by Crippen LogP contribution is 2.37. The Kier molecular flexibility index (Phi) is 2.62. The fourth-order valence-corrected chi connectivity index (χ4v) is 3.69. The van der Waals surface area contributed by atoms with Crippen LogP contribution in [0.5, 0.6) is 0 Å². The molecule has 0 atom stereocenters. The standard InChI is InChI=1S/C13H12ClNO2S/c1-13(17)6-15(7-13)12(16)11-10(14)8-4-2-3-5-9(8)18-11/h2-5,17H,6-7H2,1H3. The zero-order chi connectivity index (χ0) is 12.9. The average Bonchev–Trinajstić information content (AvgIpc) is 2.63. The predicted molar refractivity (Wildman–Crippen MR) is 73.4 cm³/mol. The lowest BCUT2D eigenvalue weighted by atomic mass is 9.97. The van der Waals surface area contributed by atoms with Crippen molar-refractivity contribution in [3.8, 4) is 0 Å². The van der Waals surface area contributed by atoms with Gasteiger partial charge in [-0.15, -0.1) is 11.3 Å². The first-order valence-corrected chi connectivity index (χ1v) is 6.86. The lowest BCUT2D eigenvalue weighted by molar-refractivity contribution is -0.0666. The molecule has 2 aromatic rings. The van der Waals surface area contributed by atoms with Crippen molar-refractivity contribution in [2.24, 2.45) is 0 Å². The number of likely N-dealkylation sites (tertiary alicyclic amines) is 1. The number of benzene rings is 1. The average molecular weight is 282 g/mol. The first-order valence-electron chi connectivity index (χ1n) is 5.67. The van der Waals surface area contributed by atoms with Crippen LogP contribution in [-0.2, 0) is 0 Å². The van der Waals surface area contributed by atoms with Crippen LogP contribution in [0.15, 0.2) is 24.3 Å². The molecule has 1 aromatic heterocycles. The van der Waals surface area contributed by atoms with Gasteiger partial charge in [0, 0.05) is 10.1 Å². The fraction of sp³-hybridized carbons (Fsp3) is 0.308. The van der Waals surface area contributed by atoms with Crippen LogP contribution >= 0.6 is 22.9 Å². The van der Waals surface area contributed by atoms with Gasteiger partial charge in [-0.2, -0.15) is 0 Å². The van der Waals surface area contributed by atoms with Crippen LogP contribution in [-0.4, -0.2) is 34.6 Å². The van der Waals surface area contributed by atoms with Crippen molar-refractivity contribution in [3.05, 3.63) is 34.2 Å². The molecule has 1 N–H and O–H groups in total. The molecule has 1 fully saturated rings. The number of hydrogen-bond donors (Lipinski definition) is 1. The van der Waals surface area contributed by atoms with Crippen molar-refractivity contribution in [1.29, 1.82) is 0 Å². The molecule has 3 rings (SSSR count). The number of aliphatic hydroxyl groups is 1. The van der Waals surface area contributed by atoms with Gasteiger partial charge in [0.2, 0.25) is 0 Å². The molecular formula is C13H12ClNO2S. The third kappa shape index (κ3) is 1.81. The highest BCUT2D eigenvalue weighted by atomic mass is 35.5. The van der Waals surface area contributed by atoms with E-state index in [1.807, 2.05) is 24.3 Å². The smallest absolute Gasteiger partial charge is 0.265 e. The number of thiophene rings is 1. The molecule has 18 heavy (non-hydrogen) atoms. The van der Waals surface area contributed by atoms with Crippen molar-refractivity contribution < 1.29 is 9.90 Å². The van der Waals surface area contributed by atoms with E-state index in [0.29, 0.717) is 23.0 Å². The van der Waals surface area contributed by atoms with Gasteiger partial charge in [-0.1, -0.05) is 29.8 Å². The number of fused-ring (bicyclic) bond motifs is 1. The summed E-state index contributed by atoms with van der Waals surface area (Å²) in [5.41, 5.74) is -0.751. The number of carbonyl (C=O) groups is 1. The lowest BCUT2D eigenvalue weighted by Gasteiger charge is -2.43. The second-order valence-corrected chi connectivity index (χ2v) is 6.33. The molecule has 5 heteroatoms. The second-order valence-electron chi connectivity index (χ2n) is 4.90. The SMILES string of the molecule is CC1(O)CN(C(=O)c2sc3ccccc3c2Cl)C1. The molecule has 1 aliphatic rings. The third-order valence-corrected chi connectivity index (χ3v) is 4.74. The van der Waals surface area contributed by atoms with Crippen LogP contribution in [0.25, 0.3) is 10.1 Å². The Morgan fingerprint density at radius 3 is 2.72 bits per heavy atom. The number of rotatable bonds is 1. The largest absolute Gasteiger partial charge is 0.386 e. The summed E-state index contributed by atoms with van der Waals surface area (Å²) in [6.45, 7) is 2.47. The Balaban J connectivity index is 1.95. The number of hydrogen-bond acceptors (Lipinski definition) is 3. The van der Waals surface area contributed by atoms with Crippen molar-refractivity contribution >= 4 is 38.9 Å². The summed E-state index contributed by atoms with van der Waals surface area (Å²) < 4.78 is 1.01. The third-order valence-electron chi connectivity index (χ3n) is 3.08. The topological polar surface area (TPSA) is 40.5 Å². The van der Waals surface area contributed by atoms with Gasteiger partial charge in [0.25, 0.3) is 5.91 Å². The molecule has 3 nitrogen and oxygen atoms in total. The lowest BCUT2D eigenvalue weighted by Crippen LogP contribution is -2.61. The maximum Gasteiger partial charge on any atom is 0.265 e. The Labute approximate surface area is 114 Å². The Bertz CT molecular complexity index is 627. The first-order chi connectivity index (χ1) is 8.48. The minimum atomic E-state index is -0.751. The summed E-state index contributed by atoms with van der Waals surface area (Å²) in [5, 5.41) is 11.1. The molecule has 0 radical (unpaired) electrons. The minimum absolute atomic E-state index is 0.0901. The van der Waals surface area contributed by atoms with Crippen LogP contribution in [0.2, 0.25) is 5.02 Å². The number of halogens is 1. The summed E-state index contributed by atoms with van der Waals surface area (Å²) in [6, 6.07) is 7.70. The van der Waals surface area contributed by atoms with Crippen molar-refractivity contribution in [1.82, 2.24) is 4.90 Å². The summed E-state index contributed by atoms with van der Waals surface area (Å²) in [4.78, 5) is 14.4. The Morgan fingerprint density at radius 2 is 2.11 bits per heavy atom. The first kappa shape index (κ1) is 12.0. The van der Waals surface area contributed by atoms with E-state index >= 15 is 0 Å². The van der Waals surface area contributed by atoms with Crippen LogP contribution in [0.1, 0.15) is 16.6 Å². The van der Waals surface area contributed by atoms with Gasteiger partial charge in [0.05, 0.1) is 23.7 Å². The van der Waals surface area contributed by atoms with Gasteiger partial charge >= 0.3 is 0 Å². The highest BCUT2D eigenvalue weighted by Gasteiger charge is 2.40. The summed E-state index contributed by atoms with van der Waals surface area (Å²) in [5.74, 6) is -0.0901. The van der Waals surface area contributed by atoms with Crippen molar-refractivity contribution in [3.63, 3.8) is 0 Å². The van der Waals surface area contributed by atoms with E-state index in [0.717, 1.165) is 10.1 Å². The molecule has 1 aromatic carbocycles. The van der Waals surface area contributed by atoms with Gasteiger partial charge in [-0.05, 0) is 13.0 Å². The summed E-state index contributed by atoms with van der Waals surface area (Å²) >= 11 is 7.65. The van der Waals surface area contributed by atoms with Crippen molar-refractivity contribution in [2.75, 3.05) is 13.1 Å². The second kappa shape index (κ2) is 3.95. The zero-order valence-electron chi connectivity index (χ0n) is 9.81. The van der Waals surface area contributed by atoms with Gasteiger partial charge in [0.15, 0.2) is 0 Å². The van der Waals surface area contributed by atoms with Crippen LogP contribution < -0.4 is 0 Å². The highest BCUT2D eigenvalue weighted by molar-refractivity contribution is 7.21. The number of amides is 1. The van der Waals surface area contributed by atoms with Crippen LogP contribution in [0.4, 0.5) is 0 Å². The molecule has 1 amide bonds. The normalized spacial score (nSPS) is 17.8. The van der Waals surface area contributed by atoms with Crippen LogP contribution in [0, 0.1) is 0 Å². The maximum absolute atomic E-state index is 12.2. The summed E-state index contributed by atoms with van der Waals surface area (Å²) in [6.07, 6.45) is 0. The molecule has 94 valence electrons. The fourth-order valence-electron chi connectivity index (χ4n) is 2.21. The van der Waals surface area contributed by atoms with E-state index in [1.54, 1.807) is 11.8 Å². The molecule has 0 bridgehead atoms. The van der Waals surface area contributed by atoms with Crippen LogP contribution in [0.3, 0.4) is 0 Å².